The number of hydrogen-bond donors (Lipinski definition) is 2. The van der Waals surface area contributed by atoms with Crippen molar-refractivity contribution in [2.75, 3.05) is 13.2 Å². The molecule has 0 radical (unpaired) electrons. The minimum atomic E-state index is -0.0608. The zero-order chi connectivity index (χ0) is 21.1. The summed E-state index contributed by atoms with van der Waals surface area (Å²) in [4.78, 5) is 19.2. The number of H-pyrrole nitrogens is 1. The average molecular weight is 442 g/mol. The van der Waals surface area contributed by atoms with Crippen LogP contribution >= 0.6 is 23.6 Å². The maximum Gasteiger partial charge on any atom is 0.253 e. The maximum absolute atomic E-state index is 12.9. The molecule has 4 rings (SSSR count). The lowest BCUT2D eigenvalue weighted by Crippen LogP contribution is -2.42. The topological polar surface area (TPSA) is 57.4 Å². The summed E-state index contributed by atoms with van der Waals surface area (Å²) in [5.41, 5.74) is 3.84. The van der Waals surface area contributed by atoms with E-state index in [1.54, 1.807) is 11.3 Å². The van der Waals surface area contributed by atoms with E-state index < -0.39 is 0 Å². The van der Waals surface area contributed by atoms with E-state index in [9.17, 15) is 4.79 Å². The van der Waals surface area contributed by atoms with Gasteiger partial charge in [-0.15, -0.1) is 11.3 Å². The fourth-order valence-electron chi connectivity index (χ4n) is 3.80. The van der Waals surface area contributed by atoms with Crippen LogP contribution in [-0.4, -0.2) is 34.3 Å². The van der Waals surface area contributed by atoms with Crippen molar-refractivity contribution in [2.45, 2.75) is 45.9 Å². The summed E-state index contributed by atoms with van der Waals surface area (Å²) < 4.78 is 5.70. The van der Waals surface area contributed by atoms with Gasteiger partial charge in [0.1, 0.15) is 0 Å². The molecule has 2 aromatic heterocycles. The predicted molar refractivity (Wildman–Crippen MR) is 127 cm³/mol. The number of fused-ring (bicyclic) bond motifs is 1. The minimum absolute atomic E-state index is 0.0608. The normalized spacial score (nSPS) is 16.1. The molecular weight excluding hydrogens is 414 g/mol. The van der Waals surface area contributed by atoms with Crippen LogP contribution in [0.15, 0.2) is 40.5 Å². The van der Waals surface area contributed by atoms with Crippen LogP contribution in [0.1, 0.15) is 34.4 Å². The number of aromatic amines is 1. The lowest BCUT2D eigenvalue weighted by atomic mass is 10.0. The van der Waals surface area contributed by atoms with Gasteiger partial charge in [0.15, 0.2) is 5.11 Å². The van der Waals surface area contributed by atoms with Crippen molar-refractivity contribution in [2.24, 2.45) is 0 Å². The summed E-state index contributed by atoms with van der Waals surface area (Å²) in [7, 11) is 0. The number of nitrogens with zero attached hydrogens (tertiary/aromatic N) is 1. The zero-order valence-corrected chi connectivity index (χ0v) is 19.0. The van der Waals surface area contributed by atoms with Crippen LogP contribution < -0.4 is 10.9 Å². The third kappa shape index (κ3) is 4.74. The average Bonchev–Trinajstić information content (AvgIpc) is 3.44. The number of rotatable bonds is 6. The SMILES string of the molecule is Cc1ccc2cc(CN(Cc3cccs3)C(=S)NC[C@@H]3CCCO3)c(=O)[nH]c2c1C. The number of pyridine rings is 1. The van der Waals surface area contributed by atoms with E-state index in [0.29, 0.717) is 30.3 Å². The van der Waals surface area contributed by atoms with Crippen molar-refractivity contribution in [1.29, 1.82) is 0 Å². The highest BCUT2D eigenvalue weighted by Gasteiger charge is 2.19. The Labute approximate surface area is 186 Å². The van der Waals surface area contributed by atoms with Gasteiger partial charge in [-0.2, -0.15) is 0 Å². The first kappa shape index (κ1) is 21.0. The Morgan fingerprint density at radius 1 is 1.33 bits per heavy atom. The summed E-state index contributed by atoms with van der Waals surface area (Å²) in [5, 5.41) is 7.11. The van der Waals surface area contributed by atoms with Gasteiger partial charge in [0.25, 0.3) is 5.56 Å². The lowest BCUT2D eigenvalue weighted by molar-refractivity contribution is 0.113. The lowest BCUT2D eigenvalue weighted by Gasteiger charge is -2.26. The summed E-state index contributed by atoms with van der Waals surface area (Å²) in [6.07, 6.45) is 2.37. The molecule has 3 heterocycles. The second-order valence-corrected chi connectivity index (χ2v) is 9.27. The third-order valence-corrected chi connectivity index (χ3v) is 6.97. The Hall–Kier alpha value is -2.22. The van der Waals surface area contributed by atoms with Gasteiger partial charge in [0, 0.05) is 23.6 Å². The molecule has 5 nitrogen and oxygen atoms in total. The molecule has 1 aromatic carbocycles. The quantitative estimate of drug-likeness (QED) is 0.560. The summed E-state index contributed by atoms with van der Waals surface area (Å²) in [6.45, 7) is 6.74. The highest BCUT2D eigenvalue weighted by molar-refractivity contribution is 7.80. The molecular formula is C23H27N3O2S2. The molecule has 0 aliphatic carbocycles. The Morgan fingerprint density at radius 3 is 2.93 bits per heavy atom. The van der Waals surface area contributed by atoms with Gasteiger partial charge in [-0.1, -0.05) is 18.2 Å². The van der Waals surface area contributed by atoms with Crippen molar-refractivity contribution in [3.8, 4) is 0 Å². The standard InChI is InChI=1S/C23H27N3O2S2/c1-15-7-8-17-11-18(22(27)25-21(17)16(15)2)13-26(14-20-6-4-10-30-20)23(29)24-12-19-5-3-9-28-19/h4,6-8,10-11,19H,3,5,9,12-14H2,1-2H3,(H,24,29)(H,25,27)/t19-/m0/s1. The van der Waals surface area contributed by atoms with Gasteiger partial charge in [-0.3, -0.25) is 4.79 Å². The molecule has 0 unspecified atom stereocenters. The van der Waals surface area contributed by atoms with Crippen molar-refractivity contribution in [1.82, 2.24) is 15.2 Å². The van der Waals surface area contributed by atoms with Crippen LogP contribution in [0.4, 0.5) is 0 Å². The third-order valence-electron chi connectivity index (χ3n) is 5.71. The van der Waals surface area contributed by atoms with Crippen LogP contribution in [0, 0.1) is 13.8 Å². The Balaban J connectivity index is 1.57. The van der Waals surface area contributed by atoms with Gasteiger partial charge in [-0.25, -0.2) is 0 Å². The van der Waals surface area contributed by atoms with E-state index >= 15 is 0 Å². The van der Waals surface area contributed by atoms with E-state index in [1.807, 2.05) is 19.1 Å². The number of hydrogen-bond acceptors (Lipinski definition) is 4. The van der Waals surface area contributed by atoms with Crippen LogP contribution in [0.2, 0.25) is 0 Å². The van der Waals surface area contributed by atoms with Gasteiger partial charge < -0.3 is 19.9 Å². The minimum Gasteiger partial charge on any atom is -0.376 e. The zero-order valence-electron chi connectivity index (χ0n) is 17.4. The van der Waals surface area contributed by atoms with E-state index in [1.165, 1.54) is 10.4 Å². The highest BCUT2D eigenvalue weighted by atomic mass is 32.1. The monoisotopic (exact) mass is 441 g/mol. The Bertz CT molecular complexity index is 1090. The van der Waals surface area contributed by atoms with Gasteiger partial charge in [-0.05, 0) is 72.9 Å². The number of aryl methyl sites for hydroxylation is 2. The molecule has 7 heteroatoms. The molecule has 158 valence electrons. The van der Waals surface area contributed by atoms with E-state index in [-0.39, 0.29) is 11.7 Å². The molecule has 1 saturated heterocycles. The Kier molecular flexibility index (Phi) is 6.51. The van der Waals surface area contributed by atoms with Gasteiger partial charge in [0.05, 0.1) is 24.7 Å². The first-order valence-corrected chi connectivity index (χ1v) is 11.6. The number of benzene rings is 1. The summed E-state index contributed by atoms with van der Waals surface area (Å²) in [6, 6.07) is 10.3. The molecule has 1 aliphatic rings. The molecule has 1 aliphatic heterocycles. The van der Waals surface area contributed by atoms with E-state index in [2.05, 4.69) is 45.7 Å². The number of ether oxygens (including phenoxy) is 1. The second-order valence-electron chi connectivity index (χ2n) is 7.85. The van der Waals surface area contributed by atoms with Gasteiger partial charge in [0.2, 0.25) is 0 Å². The number of nitrogens with one attached hydrogen (secondary N) is 2. The molecule has 0 amide bonds. The fourth-order valence-corrected chi connectivity index (χ4v) is 4.73. The van der Waals surface area contributed by atoms with Crippen molar-refractivity contribution in [3.05, 3.63) is 67.6 Å². The first-order valence-electron chi connectivity index (χ1n) is 10.3. The summed E-state index contributed by atoms with van der Waals surface area (Å²) >= 11 is 7.40. The molecule has 0 saturated carbocycles. The van der Waals surface area contributed by atoms with Crippen molar-refractivity contribution in [3.63, 3.8) is 0 Å². The van der Waals surface area contributed by atoms with Gasteiger partial charge >= 0.3 is 0 Å². The molecule has 30 heavy (non-hydrogen) atoms. The fraction of sp³-hybridized carbons (Fsp3) is 0.391. The predicted octanol–water partition coefficient (Wildman–Crippen LogP) is 4.26. The smallest absolute Gasteiger partial charge is 0.253 e. The molecule has 0 spiro atoms. The number of thiophene rings is 1. The highest BCUT2D eigenvalue weighted by Crippen LogP contribution is 2.20. The summed E-state index contributed by atoms with van der Waals surface area (Å²) in [5.74, 6) is 0. The number of aromatic nitrogens is 1. The molecule has 1 fully saturated rings. The van der Waals surface area contributed by atoms with Crippen molar-refractivity contribution >= 4 is 39.6 Å². The largest absolute Gasteiger partial charge is 0.376 e. The molecule has 1 atom stereocenters. The van der Waals surface area contributed by atoms with Crippen LogP contribution in [-0.2, 0) is 17.8 Å². The molecule has 0 bridgehead atoms. The second kappa shape index (κ2) is 9.29. The van der Waals surface area contributed by atoms with Crippen LogP contribution in [0.5, 0.6) is 0 Å². The van der Waals surface area contributed by atoms with E-state index in [0.717, 1.165) is 35.9 Å². The van der Waals surface area contributed by atoms with Crippen LogP contribution in [0.25, 0.3) is 10.9 Å². The maximum atomic E-state index is 12.9. The number of thiocarbonyl (C=S) groups is 1. The van der Waals surface area contributed by atoms with Crippen LogP contribution in [0.3, 0.4) is 0 Å². The molecule has 3 aromatic rings. The Morgan fingerprint density at radius 2 is 2.20 bits per heavy atom. The van der Waals surface area contributed by atoms with E-state index in [4.69, 9.17) is 17.0 Å². The molecule has 2 N–H and O–H groups in total. The van der Waals surface area contributed by atoms with Crippen molar-refractivity contribution < 1.29 is 4.74 Å². The first-order chi connectivity index (χ1) is 14.5.